The van der Waals surface area contributed by atoms with Gasteiger partial charge in [-0.1, -0.05) is 54.1 Å². The molecule has 1 fully saturated rings. The normalized spacial score (nSPS) is 20.0. The molecule has 0 aromatic heterocycles. The van der Waals surface area contributed by atoms with Crippen molar-refractivity contribution in [3.8, 4) is 0 Å². The number of anilines is 1. The third-order valence-corrected chi connectivity index (χ3v) is 5.49. The number of rotatable bonds is 3. The van der Waals surface area contributed by atoms with Gasteiger partial charge in [0.2, 0.25) is 11.8 Å². The van der Waals surface area contributed by atoms with E-state index in [1.54, 1.807) is 4.90 Å². The largest absolute Gasteiger partial charge is 0.338 e. The zero-order valence-corrected chi connectivity index (χ0v) is 15.6. The van der Waals surface area contributed by atoms with Crippen molar-refractivity contribution in [2.24, 2.45) is 5.92 Å². The molecule has 138 valence electrons. The Morgan fingerprint density at radius 1 is 1.04 bits per heavy atom. The summed E-state index contributed by atoms with van der Waals surface area (Å²) in [4.78, 5) is 29.0. The number of amides is 2. The molecule has 2 aliphatic heterocycles. The summed E-state index contributed by atoms with van der Waals surface area (Å²) in [6.45, 7) is 3.84. The minimum absolute atomic E-state index is 0.0368. The Bertz CT molecular complexity index is 871. The summed E-state index contributed by atoms with van der Waals surface area (Å²) >= 11 is 0. The van der Waals surface area contributed by atoms with Crippen molar-refractivity contribution in [1.82, 2.24) is 4.90 Å². The molecule has 2 heterocycles. The van der Waals surface area contributed by atoms with Crippen LogP contribution in [0.25, 0.3) is 5.57 Å². The fourth-order valence-corrected chi connectivity index (χ4v) is 3.89. The van der Waals surface area contributed by atoms with E-state index in [0.717, 1.165) is 24.2 Å². The zero-order chi connectivity index (χ0) is 18.8. The molecule has 0 N–H and O–H groups in total. The maximum atomic E-state index is 12.9. The van der Waals surface area contributed by atoms with Crippen LogP contribution in [0.3, 0.4) is 0 Å². The molecule has 2 aliphatic rings. The van der Waals surface area contributed by atoms with Gasteiger partial charge in [0.05, 0.1) is 5.92 Å². The summed E-state index contributed by atoms with van der Waals surface area (Å²) < 4.78 is 0. The van der Waals surface area contributed by atoms with Crippen molar-refractivity contribution in [3.05, 3.63) is 71.8 Å². The van der Waals surface area contributed by atoms with E-state index in [1.807, 2.05) is 54.3 Å². The number of hydrogen-bond donors (Lipinski definition) is 0. The number of hydrogen-bond acceptors (Lipinski definition) is 2. The Morgan fingerprint density at radius 2 is 1.78 bits per heavy atom. The number of aryl methyl sites for hydroxylation is 1. The monoisotopic (exact) mass is 360 g/mol. The molecule has 1 unspecified atom stereocenters. The van der Waals surface area contributed by atoms with E-state index in [4.69, 9.17) is 0 Å². The lowest BCUT2D eigenvalue weighted by molar-refractivity contribution is -0.135. The summed E-state index contributed by atoms with van der Waals surface area (Å²) in [6, 6.07) is 18.2. The Labute approximate surface area is 160 Å². The summed E-state index contributed by atoms with van der Waals surface area (Å²) in [5.41, 5.74) is 4.56. The van der Waals surface area contributed by atoms with Crippen molar-refractivity contribution >= 4 is 23.1 Å². The second-order valence-corrected chi connectivity index (χ2v) is 7.37. The van der Waals surface area contributed by atoms with Crippen LogP contribution in [0.1, 0.15) is 24.0 Å². The van der Waals surface area contributed by atoms with Gasteiger partial charge in [-0.05, 0) is 36.6 Å². The molecule has 1 atom stereocenters. The first kappa shape index (κ1) is 17.5. The molecule has 27 heavy (non-hydrogen) atoms. The predicted octanol–water partition coefficient (Wildman–Crippen LogP) is 3.66. The van der Waals surface area contributed by atoms with Crippen LogP contribution >= 0.6 is 0 Å². The Balaban J connectivity index is 1.41. The molecule has 2 aromatic rings. The van der Waals surface area contributed by atoms with Crippen molar-refractivity contribution in [2.75, 3.05) is 24.5 Å². The van der Waals surface area contributed by atoms with Crippen LogP contribution in [0.15, 0.2) is 60.7 Å². The second-order valence-electron chi connectivity index (χ2n) is 7.37. The van der Waals surface area contributed by atoms with Gasteiger partial charge in [0.1, 0.15) is 0 Å². The lowest BCUT2D eigenvalue weighted by Crippen LogP contribution is -2.39. The number of carbonyl (C=O) groups is 2. The highest BCUT2D eigenvalue weighted by Crippen LogP contribution is 2.28. The number of benzene rings is 2. The van der Waals surface area contributed by atoms with Crippen molar-refractivity contribution < 1.29 is 9.59 Å². The van der Waals surface area contributed by atoms with Crippen LogP contribution < -0.4 is 4.90 Å². The quantitative estimate of drug-likeness (QED) is 0.838. The first-order valence-electron chi connectivity index (χ1n) is 9.52. The van der Waals surface area contributed by atoms with Gasteiger partial charge in [-0.15, -0.1) is 0 Å². The highest BCUT2D eigenvalue weighted by atomic mass is 16.2. The van der Waals surface area contributed by atoms with Gasteiger partial charge >= 0.3 is 0 Å². The van der Waals surface area contributed by atoms with Crippen molar-refractivity contribution in [1.29, 1.82) is 0 Å². The lowest BCUT2D eigenvalue weighted by Gasteiger charge is -2.29. The lowest BCUT2D eigenvalue weighted by atomic mass is 9.98. The van der Waals surface area contributed by atoms with Crippen LogP contribution in [0.2, 0.25) is 0 Å². The second kappa shape index (κ2) is 7.39. The molecule has 0 aliphatic carbocycles. The first-order chi connectivity index (χ1) is 13.1. The van der Waals surface area contributed by atoms with Gasteiger partial charge in [0.15, 0.2) is 0 Å². The van der Waals surface area contributed by atoms with E-state index in [2.05, 4.69) is 18.2 Å². The molecule has 4 rings (SSSR count). The molecule has 0 saturated carbocycles. The molecule has 2 aromatic carbocycles. The number of nitrogens with zero attached hydrogens (tertiary/aromatic N) is 2. The van der Waals surface area contributed by atoms with Gasteiger partial charge in [-0.25, -0.2) is 0 Å². The van der Waals surface area contributed by atoms with Crippen LogP contribution in [-0.2, 0) is 9.59 Å². The van der Waals surface area contributed by atoms with E-state index in [9.17, 15) is 9.59 Å². The van der Waals surface area contributed by atoms with Crippen molar-refractivity contribution in [2.45, 2.75) is 19.8 Å². The summed E-state index contributed by atoms with van der Waals surface area (Å²) in [6.07, 6.45) is 3.31. The number of carbonyl (C=O) groups excluding carboxylic acids is 2. The van der Waals surface area contributed by atoms with E-state index in [-0.39, 0.29) is 17.7 Å². The van der Waals surface area contributed by atoms with Gasteiger partial charge < -0.3 is 9.80 Å². The fourth-order valence-electron chi connectivity index (χ4n) is 3.89. The van der Waals surface area contributed by atoms with Crippen LogP contribution in [0.4, 0.5) is 5.69 Å². The summed E-state index contributed by atoms with van der Waals surface area (Å²) in [5, 5.41) is 0. The molecule has 2 amide bonds. The molecular weight excluding hydrogens is 336 g/mol. The fraction of sp³-hybridized carbons (Fsp3) is 0.304. The molecule has 0 radical (unpaired) electrons. The molecular formula is C23H24N2O2. The van der Waals surface area contributed by atoms with Crippen LogP contribution in [0.5, 0.6) is 0 Å². The topological polar surface area (TPSA) is 40.6 Å². The average Bonchev–Trinajstić information content (AvgIpc) is 3.10. The van der Waals surface area contributed by atoms with Crippen LogP contribution in [-0.4, -0.2) is 36.3 Å². The summed E-state index contributed by atoms with van der Waals surface area (Å²) in [7, 11) is 0. The van der Waals surface area contributed by atoms with E-state index >= 15 is 0 Å². The van der Waals surface area contributed by atoms with Crippen LogP contribution in [0, 0.1) is 12.8 Å². The first-order valence-corrected chi connectivity index (χ1v) is 9.52. The third-order valence-electron chi connectivity index (χ3n) is 5.49. The predicted molar refractivity (Wildman–Crippen MR) is 107 cm³/mol. The maximum Gasteiger partial charge on any atom is 0.228 e. The average molecular weight is 360 g/mol. The highest BCUT2D eigenvalue weighted by Gasteiger charge is 2.37. The summed E-state index contributed by atoms with van der Waals surface area (Å²) in [5.74, 6) is -0.110. The maximum absolute atomic E-state index is 12.9. The molecule has 1 saturated heterocycles. The molecule has 4 nitrogen and oxygen atoms in total. The van der Waals surface area contributed by atoms with Gasteiger partial charge in [-0.2, -0.15) is 0 Å². The standard InChI is InChI=1S/C23H24N2O2/c1-17-7-9-21(10-8-17)25-16-20(15-22(25)26)23(27)24-13-11-19(12-14-24)18-5-3-2-4-6-18/h2-11,20H,12-16H2,1H3. The van der Waals surface area contributed by atoms with E-state index in [0.29, 0.717) is 19.5 Å². The Kier molecular flexibility index (Phi) is 4.80. The molecule has 0 spiro atoms. The highest BCUT2D eigenvalue weighted by molar-refractivity contribution is 6.00. The smallest absolute Gasteiger partial charge is 0.228 e. The van der Waals surface area contributed by atoms with Gasteiger partial charge in [0, 0.05) is 31.7 Å². The van der Waals surface area contributed by atoms with E-state index < -0.39 is 0 Å². The Hall–Kier alpha value is -2.88. The molecule has 4 heteroatoms. The minimum Gasteiger partial charge on any atom is -0.338 e. The minimum atomic E-state index is -0.245. The molecule has 0 bridgehead atoms. The van der Waals surface area contributed by atoms with E-state index in [1.165, 1.54) is 11.1 Å². The SMILES string of the molecule is Cc1ccc(N2CC(C(=O)N3CC=C(c4ccccc4)CC3)CC2=O)cc1. The van der Waals surface area contributed by atoms with Gasteiger partial charge in [-0.3, -0.25) is 9.59 Å². The zero-order valence-electron chi connectivity index (χ0n) is 15.6. The third kappa shape index (κ3) is 3.65. The van der Waals surface area contributed by atoms with Gasteiger partial charge in [0.25, 0.3) is 0 Å². The Morgan fingerprint density at radius 3 is 2.44 bits per heavy atom. The van der Waals surface area contributed by atoms with Crippen molar-refractivity contribution in [3.63, 3.8) is 0 Å².